The van der Waals surface area contributed by atoms with Crippen LogP contribution in [0.5, 0.6) is 0 Å². The Hall–Kier alpha value is -0.810. The molecule has 1 aliphatic heterocycles. The van der Waals surface area contributed by atoms with Crippen molar-refractivity contribution in [3.63, 3.8) is 0 Å². The number of guanidine groups is 1. The first-order valence-corrected chi connectivity index (χ1v) is 9.10. The van der Waals surface area contributed by atoms with E-state index in [9.17, 15) is 8.42 Å². The van der Waals surface area contributed by atoms with Gasteiger partial charge in [-0.05, 0) is 25.0 Å². The monoisotopic (exact) mass is 457 g/mol. The van der Waals surface area contributed by atoms with E-state index in [-0.39, 0.29) is 24.0 Å². The number of aliphatic imine (C=N–C) groups is 1. The Bertz CT molecular complexity index is 596. The van der Waals surface area contributed by atoms with Crippen molar-refractivity contribution in [2.45, 2.75) is 24.1 Å². The molecule has 0 saturated carbocycles. The van der Waals surface area contributed by atoms with Gasteiger partial charge in [0.15, 0.2) is 15.8 Å². The molecule has 0 unspecified atom stereocenters. The minimum atomic E-state index is -3.19. The molecule has 0 spiro atoms. The fraction of sp³-hybridized carbons (Fsp3) is 0.643. The molecule has 1 saturated heterocycles. The second kappa shape index (κ2) is 8.88. The molecule has 23 heavy (non-hydrogen) atoms. The second-order valence-corrected chi connectivity index (χ2v) is 7.84. The number of hydrogen-bond donors (Lipinski definition) is 2. The van der Waals surface area contributed by atoms with Crippen LogP contribution in [0.1, 0.15) is 18.6 Å². The highest BCUT2D eigenvalue weighted by Crippen LogP contribution is 2.28. The average Bonchev–Trinajstić information content (AvgIpc) is 3.00. The summed E-state index contributed by atoms with van der Waals surface area (Å²) in [4.78, 5) is 4.11. The summed E-state index contributed by atoms with van der Waals surface area (Å²) < 4.78 is 34.1. The van der Waals surface area contributed by atoms with Gasteiger partial charge >= 0.3 is 0 Å². The molecule has 1 aromatic rings. The first-order valence-electron chi connectivity index (χ1n) is 7.21. The first kappa shape index (κ1) is 20.2. The summed E-state index contributed by atoms with van der Waals surface area (Å²) in [5, 5.41) is 6.21. The third kappa shape index (κ3) is 5.35. The standard InChI is InChI=1S/C14H23N3O4S.HI/c1-15-13(16-10-12-4-3-7-21-12)17-11-14(22(2,18)19)5-8-20-9-6-14;/h3-4,7H,5-6,8-11H2,1-2H3,(H2,15,16,17);1H. The summed E-state index contributed by atoms with van der Waals surface area (Å²) in [5.41, 5.74) is 0. The molecule has 0 atom stereocenters. The second-order valence-electron chi connectivity index (χ2n) is 5.43. The van der Waals surface area contributed by atoms with Gasteiger partial charge < -0.3 is 19.8 Å². The van der Waals surface area contributed by atoms with Gasteiger partial charge in [0, 0.05) is 33.1 Å². The quantitative estimate of drug-likeness (QED) is 0.392. The zero-order valence-electron chi connectivity index (χ0n) is 13.4. The Labute approximate surface area is 154 Å². The van der Waals surface area contributed by atoms with Crippen molar-refractivity contribution in [2.24, 2.45) is 4.99 Å². The van der Waals surface area contributed by atoms with E-state index < -0.39 is 14.6 Å². The van der Waals surface area contributed by atoms with Crippen molar-refractivity contribution in [1.29, 1.82) is 0 Å². The summed E-state index contributed by atoms with van der Waals surface area (Å²) in [6.45, 7) is 1.73. The zero-order valence-corrected chi connectivity index (χ0v) is 16.5. The summed E-state index contributed by atoms with van der Waals surface area (Å²) in [6, 6.07) is 3.67. The molecule has 1 aromatic heterocycles. The van der Waals surface area contributed by atoms with Crippen molar-refractivity contribution in [3.8, 4) is 0 Å². The maximum absolute atomic E-state index is 12.2. The molecule has 9 heteroatoms. The van der Waals surface area contributed by atoms with Crippen LogP contribution in [-0.2, 0) is 21.1 Å². The highest BCUT2D eigenvalue weighted by atomic mass is 127. The highest BCUT2D eigenvalue weighted by molar-refractivity contribution is 14.0. The van der Waals surface area contributed by atoms with Crippen LogP contribution >= 0.6 is 24.0 Å². The van der Waals surface area contributed by atoms with Gasteiger partial charge in [0.25, 0.3) is 0 Å². The molecule has 0 aliphatic carbocycles. The van der Waals surface area contributed by atoms with E-state index in [0.29, 0.717) is 45.1 Å². The number of halogens is 1. The molecule has 0 amide bonds. The van der Waals surface area contributed by atoms with Gasteiger partial charge in [-0.3, -0.25) is 4.99 Å². The molecular weight excluding hydrogens is 433 g/mol. The van der Waals surface area contributed by atoms with Crippen LogP contribution in [-0.4, -0.2) is 52.2 Å². The topological polar surface area (TPSA) is 92.9 Å². The highest BCUT2D eigenvalue weighted by Gasteiger charge is 2.42. The number of ether oxygens (including phenoxy) is 1. The van der Waals surface area contributed by atoms with E-state index in [2.05, 4.69) is 15.6 Å². The molecule has 2 rings (SSSR count). The van der Waals surface area contributed by atoms with Crippen molar-refractivity contribution >= 4 is 39.8 Å². The molecule has 1 aliphatic rings. The first-order chi connectivity index (χ1) is 10.5. The number of nitrogens with zero attached hydrogens (tertiary/aromatic N) is 1. The zero-order chi connectivity index (χ0) is 16.1. The smallest absolute Gasteiger partial charge is 0.191 e. The summed E-state index contributed by atoms with van der Waals surface area (Å²) in [6.07, 6.45) is 3.88. The fourth-order valence-corrected chi connectivity index (χ4v) is 3.71. The Morgan fingerprint density at radius 3 is 2.57 bits per heavy atom. The molecule has 132 valence electrons. The molecule has 2 N–H and O–H groups in total. The molecule has 0 aromatic carbocycles. The summed E-state index contributed by atoms with van der Waals surface area (Å²) >= 11 is 0. The van der Waals surface area contributed by atoms with Gasteiger partial charge in [0.1, 0.15) is 5.76 Å². The van der Waals surface area contributed by atoms with Gasteiger partial charge in [-0.15, -0.1) is 24.0 Å². The lowest BCUT2D eigenvalue weighted by molar-refractivity contribution is 0.0756. The van der Waals surface area contributed by atoms with Crippen LogP contribution in [0.2, 0.25) is 0 Å². The minimum Gasteiger partial charge on any atom is -0.467 e. The van der Waals surface area contributed by atoms with Gasteiger partial charge in [-0.25, -0.2) is 8.42 Å². The predicted molar refractivity (Wildman–Crippen MR) is 100.0 cm³/mol. The number of hydrogen-bond acceptors (Lipinski definition) is 5. The molecule has 1 fully saturated rings. The lowest BCUT2D eigenvalue weighted by Gasteiger charge is -2.35. The van der Waals surface area contributed by atoms with Crippen LogP contribution in [0.4, 0.5) is 0 Å². The molecular formula is C14H24IN3O4S. The van der Waals surface area contributed by atoms with Gasteiger partial charge in [-0.1, -0.05) is 0 Å². The van der Waals surface area contributed by atoms with E-state index >= 15 is 0 Å². The van der Waals surface area contributed by atoms with Crippen LogP contribution in [0.15, 0.2) is 27.8 Å². The number of nitrogens with one attached hydrogen (secondary N) is 2. The lowest BCUT2D eigenvalue weighted by atomic mass is 9.99. The average molecular weight is 457 g/mol. The van der Waals surface area contributed by atoms with Crippen molar-refractivity contribution in [1.82, 2.24) is 10.6 Å². The Morgan fingerprint density at radius 1 is 1.35 bits per heavy atom. The third-order valence-electron chi connectivity index (χ3n) is 4.00. The van der Waals surface area contributed by atoms with Crippen molar-refractivity contribution < 1.29 is 17.6 Å². The van der Waals surface area contributed by atoms with E-state index in [4.69, 9.17) is 9.15 Å². The van der Waals surface area contributed by atoms with E-state index in [1.807, 2.05) is 12.1 Å². The molecule has 7 nitrogen and oxygen atoms in total. The van der Waals surface area contributed by atoms with E-state index in [1.54, 1.807) is 13.3 Å². The molecule has 2 heterocycles. The lowest BCUT2D eigenvalue weighted by Crippen LogP contribution is -2.53. The van der Waals surface area contributed by atoms with Crippen molar-refractivity contribution in [2.75, 3.05) is 33.1 Å². The Kier molecular flexibility index (Phi) is 7.81. The maximum atomic E-state index is 12.2. The predicted octanol–water partition coefficient (Wildman–Crippen LogP) is 1.16. The third-order valence-corrected chi connectivity index (χ3v) is 6.13. The van der Waals surface area contributed by atoms with Gasteiger partial charge in [0.05, 0.1) is 17.6 Å². The van der Waals surface area contributed by atoms with Crippen LogP contribution in [0, 0.1) is 0 Å². The van der Waals surface area contributed by atoms with Gasteiger partial charge in [-0.2, -0.15) is 0 Å². The van der Waals surface area contributed by atoms with Crippen LogP contribution < -0.4 is 10.6 Å². The molecule has 0 bridgehead atoms. The number of furan rings is 1. The Balaban J connectivity index is 0.00000264. The van der Waals surface area contributed by atoms with E-state index in [1.165, 1.54) is 6.26 Å². The minimum absolute atomic E-state index is 0. The maximum Gasteiger partial charge on any atom is 0.191 e. The summed E-state index contributed by atoms with van der Waals surface area (Å²) in [5.74, 6) is 1.33. The van der Waals surface area contributed by atoms with Crippen LogP contribution in [0.3, 0.4) is 0 Å². The van der Waals surface area contributed by atoms with Crippen LogP contribution in [0.25, 0.3) is 0 Å². The Morgan fingerprint density at radius 2 is 2.04 bits per heavy atom. The SMILES string of the molecule is CN=C(NCc1ccco1)NCC1(S(C)(=O)=O)CCOCC1.I. The van der Waals surface area contributed by atoms with Crippen molar-refractivity contribution in [3.05, 3.63) is 24.2 Å². The van der Waals surface area contributed by atoms with Gasteiger partial charge in [0.2, 0.25) is 0 Å². The number of sulfone groups is 1. The van der Waals surface area contributed by atoms with E-state index in [0.717, 1.165) is 5.76 Å². The summed E-state index contributed by atoms with van der Waals surface area (Å²) in [7, 11) is -1.55. The molecule has 0 radical (unpaired) electrons. The largest absolute Gasteiger partial charge is 0.467 e. The number of rotatable bonds is 5. The fourth-order valence-electron chi connectivity index (χ4n) is 2.47. The normalized spacial score (nSPS) is 18.1.